The van der Waals surface area contributed by atoms with Crippen LogP contribution in [0.4, 0.5) is 13.2 Å². The number of aryl methyl sites for hydroxylation is 1. The predicted octanol–water partition coefficient (Wildman–Crippen LogP) is 3.71. The Morgan fingerprint density at radius 1 is 1.33 bits per heavy atom. The average Bonchev–Trinajstić information content (AvgIpc) is 3.20. The molecule has 5 atom stereocenters. The molecule has 2 fully saturated rings. The number of carbonyl (C=O) groups is 1. The SMILES string of the molecule is Cc1cc(C(F)(F)F)nn1[C@H](C)C(=O)N[C@H](C)[C@H]1C[C@H]2CC[C@H]1C2. The molecular formula is C17H24F3N3O. The van der Waals surface area contributed by atoms with E-state index < -0.39 is 17.9 Å². The molecule has 3 rings (SSSR count). The van der Waals surface area contributed by atoms with Crippen LogP contribution in [0.2, 0.25) is 0 Å². The lowest BCUT2D eigenvalue weighted by molar-refractivity contribution is -0.142. The fraction of sp³-hybridized carbons (Fsp3) is 0.765. The van der Waals surface area contributed by atoms with Gasteiger partial charge in [0.05, 0.1) is 0 Å². The molecule has 0 saturated heterocycles. The molecule has 1 amide bonds. The first-order chi connectivity index (χ1) is 11.2. The van der Waals surface area contributed by atoms with Crippen molar-refractivity contribution >= 4 is 5.91 Å². The van der Waals surface area contributed by atoms with Gasteiger partial charge in [-0.05, 0) is 63.9 Å². The molecule has 1 aromatic heterocycles. The molecule has 24 heavy (non-hydrogen) atoms. The van der Waals surface area contributed by atoms with Crippen molar-refractivity contribution in [1.82, 2.24) is 15.1 Å². The van der Waals surface area contributed by atoms with Crippen molar-refractivity contribution in [2.75, 3.05) is 0 Å². The van der Waals surface area contributed by atoms with Crippen LogP contribution in [0.3, 0.4) is 0 Å². The summed E-state index contributed by atoms with van der Waals surface area (Å²) in [6.07, 6.45) is 0.443. The maximum Gasteiger partial charge on any atom is 0.435 e. The summed E-state index contributed by atoms with van der Waals surface area (Å²) in [5, 5.41) is 6.57. The molecule has 2 aliphatic carbocycles. The van der Waals surface area contributed by atoms with E-state index in [1.807, 2.05) is 6.92 Å². The number of rotatable bonds is 4. The molecular weight excluding hydrogens is 319 g/mol. The van der Waals surface area contributed by atoms with Gasteiger partial charge in [0.1, 0.15) is 6.04 Å². The van der Waals surface area contributed by atoms with Gasteiger partial charge >= 0.3 is 6.18 Å². The number of amides is 1. The van der Waals surface area contributed by atoms with E-state index >= 15 is 0 Å². The van der Waals surface area contributed by atoms with E-state index in [4.69, 9.17) is 0 Å². The number of nitrogens with zero attached hydrogens (tertiary/aromatic N) is 2. The van der Waals surface area contributed by atoms with Gasteiger partial charge in [-0.2, -0.15) is 18.3 Å². The fourth-order valence-electron chi connectivity index (χ4n) is 4.49. The quantitative estimate of drug-likeness (QED) is 0.906. The summed E-state index contributed by atoms with van der Waals surface area (Å²) in [6, 6.07) is 0.263. The van der Waals surface area contributed by atoms with E-state index in [0.29, 0.717) is 17.5 Å². The van der Waals surface area contributed by atoms with Crippen LogP contribution < -0.4 is 5.32 Å². The summed E-state index contributed by atoms with van der Waals surface area (Å²) in [4.78, 5) is 12.5. The van der Waals surface area contributed by atoms with Crippen molar-refractivity contribution in [2.24, 2.45) is 17.8 Å². The van der Waals surface area contributed by atoms with E-state index in [2.05, 4.69) is 10.4 Å². The zero-order valence-corrected chi connectivity index (χ0v) is 14.2. The highest BCUT2D eigenvalue weighted by Crippen LogP contribution is 2.49. The molecule has 1 heterocycles. The summed E-state index contributed by atoms with van der Waals surface area (Å²) in [7, 11) is 0. The highest BCUT2D eigenvalue weighted by molar-refractivity contribution is 5.80. The molecule has 0 aliphatic heterocycles. The second kappa shape index (κ2) is 6.08. The number of hydrogen-bond donors (Lipinski definition) is 1. The Morgan fingerprint density at radius 3 is 2.54 bits per heavy atom. The normalized spacial score (nSPS) is 28.8. The van der Waals surface area contributed by atoms with Crippen LogP contribution in [0.15, 0.2) is 6.07 Å². The lowest BCUT2D eigenvalue weighted by atomic mass is 9.84. The minimum absolute atomic E-state index is 0.0493. The second-order valence-corrected chi connectivity index (χ2v) is 7.43. The largest absolute Gasteiger partial charge is 0.435 e. The number of hydrogen-bond acceptors (Lipinski definition) is 2. The van der Waals surface area contributed by atoms with Gasteiger partial charge in [-0.15, -0.1) is 0 Å². The van der Waals surface area contributed by atoms with E-state index in [0.717, 1.165) is 23.1 Å². The molecule has 0 radical (unpaired) electrons. The number of aromatic nitrogens is 2. The smallest absolute Gasteiger partial charge is 0.352 e. The van der Waals surface area contributed by atoms with Gasteiger partial charge in [0.15, 0.2) is 5.69 Å². The van der Waals surface area contributed by atoms with Gasteiger partial charge in [0.2, 0.25) is 5.91 Å². The van der Waals surface area contributed by atoms with Crippen molar-refractivity contribution in [3.05, 3.63) is 17.5 Å². The van der Waals surface area contributed by atoms with Crippen molar-refractivity contribution < 1.29 is 18.0 Å². The number of nitrogens with one attached hydrogen (secondary N) is 1. The lowest BCUT2D eigenvalue weighted by Gasteiger charge is -2.29. The molecule has 0 spiro atoms. The Morgan fingerprint density at radius 2 is 2.04 bits per heavy atom. The molecule has 7 heteroatoms. The Kier molecular flexibility index (Phi) is 4.38. The molecule has 2 aliphatic rings. The zero-order chi connectivity index (χ0) is 17.6. The standard InChI is InChI=1S/C17H24F3N3O/c1-9-6-15(17(18,19)20)22-23(9)11(3)16(24)21-10(2)14-8-12-4-5-13(14)7-12/h6,10-14H,4-5,7-8H2,1-3H3,(H,21,24)/t10-,11-,12+,13+,14-/m1/s1. The van der Waals surface area contributed by atoms with Gasteiger partial charge in [0, 0.05) is 11.7 Å². The van der Waals surface area contributed by atoms with Crippen molar-refractivity contribution in [3.63, 3.8) is 0 Å². The third-order valence-electron chi connectivity index (χ3n) is 5.76. The lowest BCUT2D eigenvalue weighted by Crippen LogP contribution is -2.43. The summed E-state index contributed by atoms with van der Waals surface area (Å²) in [6.45, 7) is 5.13. The molecule has 2 saturated carbocycles. The Labute approximate surface area is 139 Å². The molecule has 4 nitrogen and oxygen atoms in total. The number of alkyl halides is 3. The number of carbonyl (C=O) groups excluding carboxylic acids is 1. The maximum atomic E-state index is 12.8. The van der Waals surface area contributed by atoms with Crippen molar-refractivity contribution in [2.45, 2.75) is 64.7 Å². The highest BCUT2D eigenvalue weighted by Gasteiger charge is 2.42. The molecule has 1 aromatic rings. The molecule has 0 aromatic carbocycles. The fourth-order valence-corrected chi connectivity index (χ4v) is 4.49. The van der Waals surface area contributed by atoms with E-state index in [9.17, 15) is 18.0 Å². The summed E-state index contributed by atoms with van der Waals surface area (Å²) in [5.41, 5.74) is -0.627. The predicted molar refractivity (Wildman–Crippen MR) is 83.2 cm³/mol. The van der Waals surface area contributed by atoms with Gasteiger partial charge in [0.25, 0.3) is 0 Å². The zero-order valence-electron chi connectivity index (χ0n) is 14.2. The number of fused-ring (bicyclic) bond motifs is 2. The molecule has 1 N–H and O–H groups in total. The van der Waals surface area contributed by atoms with Crippen LogP contribution >= 0.6 is 0 Å². The summed E-state index contributed by atoms with van der Waals surface area (Å²) < 4.78 is 39.5. The Balaban J connectivity index is 1.65. The molecule has 134 valence electrons. The molecule has 0 unspecified atom stereocenters. The highest BCUT2D eigenvalue weighted by atomic mass is 19.4. The third kappa shape index (κ3) is 3.17. The number of halogens is 3. The Bertz CT molecular complexity index is 625. The minimum atomic E-state index is -4.50. The van der Waals surface area contributed by atoms with Crippen LogP contribution in [-0.4, -0.2) is 21.7 Å². The average molecular weight is 343 g/mol. The van der Waals surface area contributed by atoms with Gasteiger partial charge < -0.3 is 5.32 Å². The Hall–Kier alpha value is -1.53. The topological polar surface area (TPSA) is 46.9 Å². The van der Waals surface area contributed by atoms with Crippen LogP contribution in [0.5, 0.6) is 0 Å². The first-order valence-electron chi connectivity index (χ1n) is 8.60. The van der Waals surface area contributed by atoms with Gasteiger partial charge in [-0.25, -0.2) is 0 Å². The minimum Gasteiger partial charge on any atom is -0.352 e. The van der Waals surface area contributed by atoms with Crippen LogP contribution in [-0.2, 0) is 11.0 Å². The first-order valence-corrected chi connectivity index (χ1v) is 8.60. The summed E-state index contributed by atoms with van der Waals surface area (Å²) in [5.74, 6) is 1.69. The van der Waals surface area contributed by atoms with Gasteiger partial charge in [-0.3, -0.25) is 9.48 Å². The van der Waals surface area contributed by atoms with Gasteiger partial charge in [-0.1, -0.05) is 6.42 Å². The van der Waals surface area contributed by atoms with Crippen LogP contribution in [0, 0.1) is 24.7 Å². The van der Waals surface area contributed by atoms with E-state index in [-0.39, 0.29) is 11.9 Å². The monoisotopic (exact) mass is 343 g/mol. The summed E-state index contributed by atoms with van der Waals surface area (Å²) >= 11 is 0. The van der Waals surface area contributed by atoms with E-state index in [1.54, 1.807) is 6.92 Å². The van der Waals surface area contributed by atoms with Crippen molar-refractivity contribution in [1.29, 1.82) is 0 Å². The maximum absolute atomic E-state index is 12.8. The third-order valence-corrected chi connectivity index (χ3v) is 5.76. The van der Waals surface area contributed by atoms with Crippen LogP contribution in [0.1, 0.15) is 57.0 Å². The second-order valence-electron chi connectivity index (χ2n) is 7.43. The first kappa shape index (κ1) is 17.3. The van der Waals surface area contributed by atoms with Crippen molar-refractivity contribution in [3.8, 4) is 0 Å². The molecule has 2 bridgehead atoms. The van der Waals surface area contributed by atoms with Crippen LogP contribution in [0.25, 0.3) is 0 Å². The van der Waals surface area contributed by atoms with E-state index in [1.165, 1.54) is 26.2 Å².